The first-order chi connectivity index (χ1) is 9.79. The summed E-state index contributed by atoms with van der Waals surface area (Å²) in [7, 11) is 0. The molecule has 1 aromatic rings. The Labute approximate surface area is 121 Å². The average Bonchev–Trinajstić information content (AvgIpc) is 2.53. The van der Waals surface area contributed by atoms with Crippen molar-refractivity contribution < 1.29 is 0 Å². The lowest BCUT2D eigenvalue weighted by atomic mass is 9.82. The van der Waals surface area contributed by atoms with E-state index in [9.17, 15) is 0 Å². The fourth-order valence-corrected chi connectivity index (χ4v) is 3.05. The van der Waals surface area contributed by atoms with Gasteiger partial charge in [-0.25, -0.2) is 0 Å². The van der Waals surface area contributed by atoms with Gasteiger partial charge in [-0.05, 0) is 59.1 Å². The van der Waals surface area contributed by atoms with Crippen molar-refractivity contribution in [1.29, 1.82) is 0 Å². The predicted molar refractivity (Wildman–Crippen MR) is 88.3 cm³/mol. The van der Waals surface area contributed by atoms with Gasteiger partial charge in [-0.15, -0.1) is 0 Å². The molecule has 0 spiro atoms. The third-order valence-electron chi connectivity index (χ3n) is 4.22. The molecule has 20 heavy (non-hydrogen) atoms. The van der Waals surface area contributed by atoms with Crippen molar-refractivity contribution in [3.8, 4) is 0 Å². The second-order valence-electron chi connectivity index (χ2n) is 5.43. The summed E-state index contributed by atoms with van der Waals surface area (Å²) < 4.78 is 0. The molecule has 0 bridgehead atoms. The van der Waals surface area contributed by atoms with Crippen LogP contribution in [0.2, 0.25) is 0 Å². The molecule has 0 amide bonds. The van der Waals surface area contributed by atoms with Crippen LogP contribution in [0.5, 0.6) is 0 Å². The number of allylic oxidation sites excluding steroid dienone is 7. The monoisotopic (exact) mass is 260 g/mol. The fourth-order valence-electron chi connectivity index (χ4n) is 3.05. The Balaban J connectivity index is 1.95. The quantitative estimate of drug-likeness (QED) is 0.653. The second kappa shape index (κ2) is 5.50. The zero-order valence-electron chi connectivity index (χ0n) is 11.9. The number of hydrogen-bond donors (Lipinski definition) is 0. The first kappa shape index (κ1) is 12.9. The fraction of sp³-hybridized carbons (Fsp3) is 0.200. The van der Waals surface area contributed by atoms with Crippen molar-refractivity contribution in [3.63, 3.8) is 0 Å². The highest BCUT2D eigenvalue weighted by Gasteiger charge is 2.16. The van der Waals surface area contributed by atoms with E-state index >= 15 is 0 Å². The molecule has 0 atom stereocenters. The minimum Gasteiger partial charge on any atom is -0.0984 e. The van der Waals surface area contributed by atoms with E-state index in [4.69, 9.17) is 0 Å². The highest BCUT2D eigenvalue weighted by atomic mass is 14.2. The molecule has 0 fully saturated rings. The van der Waals surface area contributed by atoms with E-state index in [0.717, 1.165) is 18.4 Å². The molecule has 0 saturated carbocycles. The minimum atomic E-state index is 1.09. The predicted octanol–water partition coefficient (Wildman–Crippen LogP) is 5.71. The smallest absolute Gasteiger partial charge is 0.0115 e. The lowest BCUT2D eigenvalue weighted by Gasteiger charge is -2.22. The molecule has 0 heterocycles. The van der Waals surface area contributed by atoms with E-state index in [-0.39, 0.29) is 0 Å². The normalized spacial score (nSPS) is 17.5. The average molecular weight is 260 g/mol. The Bertz CT molecular complexity index is 650. The molecule has 3 rings (SSSR count). The molecule has 2 aliphatic rings. The van der Waals surface area contributed by atoms with Crippen molar-refractivity contribution in [2.45, 2.75) is 25.7 Å². The molecule has 0 unspecified atom stereocenters. The van der Waals surface area contributed by atoms with Gasteiger partial charge in [0.25, 0.3) is 0 Å². The summed E-state index contributed by atoms with van der Waals surface area (Å²) in [5.74, 6) is 0. The molecule has 0 aliphatic heterocycles. The minimum absolute atomic E-state index is 1.09. The van der Waals surface area contributed by atoms with Gasteiger partial charge in [-0.3, -0.25) is 0 Å². The van der Waals surface area contributed by atoms with E-state index in [0.29, 0.717) is 0 Å². The van der Waals surface area contributed by atoms with Crippen molar-refractivity contribution in [3.05, 3.63) is 83.5 Å². The highest BCUT2D eigenvalue weighted by molar-refractivity contribution is 5.83. The second-order valence-corrected chi connectivity index (χ2v) is 5.43. The van der Waals surface area contributed by atoms with Crippen LogP contribution in [0.3, 0.4) is 0 Å². The number of hydrogen-bond acceptors (Lipinski definition) is 0. The molecule has 100 valence electrons. The number of rotatable bonds is 3. The standard InChI is InChI=1S/C20H20/c1-3-16-8-6-7-11-20(16)15(2)18-13-12-17-9-4-5-10-19(17)14-18/h3-4,6-9,11,14H,1-2,5,10,12-13H2. The Hall–Kier alpha value is -2.08. The molecule has 2 aliphatic carbocycles. The molecule has 0 radical (unpaired) electrons. The first-order valence-corrected chi connectivity index (χ1v) is 7.30. The van der Waals surface area contributed by atoms with Crippen LogP contribution in [0, 0.1) is 0 Å². The van der Waals surface area contributed by atoms with Gasteiger partial charge in [0.1, 0.15) is 0 Å². The molecular formula is C20H20. The topological polar surface area (TPSA) is 0 Å². The van der Waals surface area contributed by atoms with E-state index in [2.05, 4.69) is 55.7 Å². The van der Waals surface area contributed by atoms with Crippen molar-refractivity contribution in [2.75, 3.05) is 0 Å². The summed E-state index contributed by atoms with van der Waals surface area (Å²) in [5, 5.41) is 0. The van der Waals surface area contributed by atoms with Crippen LogP contribution in [0.25, 0.3) is 11.6 Å². The zero-order chi connectivity index (χ0) is 13.9. The van der Waals surface area contributed by atoms with Gasteiger partial charge in [0.15, 0.2) is 0 Å². The maximum Gasteiger partial charge on any atom is -0.0115 e. The molecule has 0 heteroatoms. The zero-order valence-corrected chi connectivity index (χ0v) is 11.9. The van der Waals surface area contributed by atoms with Gasteiger partial charge >= 0.3 is 0 Å². The van der Waals surface area contributed by atoms with Crippen LogP contribution in [0.15, 0.2) is 72.4 Å². The van der Waals surface area contributed by atoms with Crippen molar-refractivity contribution in [2.24, 2.45) is 0 Å². The van der Waals surface area contributed by atoms with Gasteiger partial charge in [0.2, 0.25) is 0 Å². The van der Waals surface area contributed by atoms with Crippen molar-refractivity contribution in [1.82, 2.24) is 0 Å². The Morgan fingerprint density at radius 3 is 2.75 bits per heavy atom. The molecule has 0 aromatic heterocycles. The van der Waals surface area contributed by atoms with Gasteiger partial charge in [-0.2, -0.15) is 0 Å². The Morgan fingerprint density at radius 1 is 1.05 bits per heavy atom. The molecule has 0 nitrogen and oxygen atoms in total. The van der Waals surface area contributed by atoms with Gasteiger partial charge in [0, 0.05) is 0 Å². The van der Waals surface area contributed by atoms with Crippen LogP contribution < -0.4 is 0 Å². The maximum atomic E-state index is 4.34. The van der Waals surface area contributed by atoms with Crippen LogP contribution in [0.1, 0.15) is 36.8 Å². The highest BCUT2D eigenvalue weighted by Crippen LogP contribution is 2.36. The Kier molecular flexibility index (Phi) is 3.56. The summed E-state index contributed by atoms with van der Waals surface area (Å²) in [6, 6.07) is 8.37. The SMILES string of the molecule is C=Cc1ccccc1C(=C)C1=CC2=C(C=CCC2)CC1. The summed E-state index contributed by atoms with van der Waals surface area (Å²) in [5.41, 5.74) is 7.94. The van der Waals surface area contributed by atoms with Crippen molar-refractivity contribution >= 4 is 11.6 Å². The molecule has 1 aromatic carbocycles. The summed E-state index contributed by atoms with van der Waals surface area (Å²) in [4.78, 5) is 0. The van der Waals surface area contributed by atoms with Crippen LogP contribution >= 0.6 is 0 Å². The van der Waals surface area contributed by atoms with E-state index < -0.39 is 0 Å². The maximum absolute atomic E-state index is 4.34. The lowest BCUT2D eigenvalue weighted by molar-refractivity contribution is 0.868. The van der Waals surface area contributed by atoms with Crippen LogP contribution in [-0.2, 0) is 0 Å². The molecule has 0 saturated heterocycles. The number of benzene rings is 1. The summed E-state index contributed by atoms with van der Waals surface area (Å²) in [6.45, 7) is 8.24. The third-order valence-corrected chi connectivity index (χ3v) is 4.22. The summed E-state index contributed by atoms with van der Waals surface area (Å²) in [6.07, 6.45) is 13.4. The summed E-state index contributed by atoms with van der Waals surface area (Å²) >= 11 is 0. The van der Waals surface area contributed by atoms with Crippen LogP contribution in [0.4, 0.5) is 0 Å². The molecule has 0 N–H and O–H groups in total. The molecular weight excluding hydrogens is 240 g/mol. The van der Waals surface area contributed by atoms with Gasteiger partial charge < -0.3 is 0 Å². The third kappa shape index (κ3) is 2.34. The lowest BCUT2D eigenvalue weighted by Crippen LogP contribution is -2.03. The van der Waals surface area contributed by atoms with E-state index in [1.165, 1.54) is 40.7 Å². The largest absolute Gasteiger partial charge is 0.0984 e. The first-order valence-electron chi connectivity index (χ1n) is 7.30. The van der Waals surface area contributed by atoms with Gasteiger partial charge in [0.05, 0.1) is 0 Å². The van der Waals surface area contributed by atoms with E-state index in [1.807, 2.05) is 6.08 Å². The Morgan fingerprint density at radius 2 is 1.90 bits per heavy atom. The van der Waals surface area contributed by atoms with Crippen LogP contribution in [-0.4, -0.2) is 0 Å². The van der Waals surface area contributed by atoms with Gasteiger partial charge in [-0.1, -0.05) is 61.7 Å². The van der Waals surface area contributed by atoms with E-state index in [1.54, 1.807) is 0 Å².